The first kappa shape index (κ1) is 13.1. The van der Waals surface area contributed by atoms with E-state index in [1.54, 1.807) is 4.90 Å². The molecule has 0 aromatic heterocycles. The highest BCUT2D eigenvalue weighted by atomic mass is 35.5. The standard InChI is InChI=1S/C16H13ClFNO/c17-13-6-3-7-14(18)15(13)16(20)19-9-8-11-4-1-2-5-12(11)10-19/h1-7H,8-10H2. The summed E-state index contributed by atoms with van der Waals surface area (Å²) in [4.78, 5) is 14.1. The van der Waals surface area contributed by atoms with Crippen LogP contribution in [-0.4, -0.2) is 17.4 Å². The minimum atomic E-state index is -0.568. The van der Waals surface area contributed by atoms with E-state index < -0.39 is 5.82 Å². The van der Waals surface area contributed by atoms with Crippen molar-refractivity contribution in [3.63, 3.8) is 0 Å². The average Bonchev–Trinajstić information content (AvgIpc) is 2.46. The molecule has 3 rings (SSSR count). The molecule has 0 N–H and O–H groups in total. The van der Waals surface area contributed by atoms with E-state index in [1.807, 2.05) is 18.2 Å². The van der Waals surface area contributed by atoms with Crippen LogP contribution in [0.15, 0.2) is 42.5 Å². The third-order valence-corrected chi connectivity index (χ3v) is 3.91. The number of carbonyl (C=O) groups excluding carboxylic acids is 1. The molecule has 0 aliphatic carbocycles. The molecule has 4 heteroatoms. The second-order valence-corrected chi connectivity index (χ2v) is 5.25. The van der Waals surface area contributed by atoms with Gasteiger partial charge in [0.05, 0.1) is 10.6 Å². The minimum absolute atomic E-state index is 0.0338. The van der Waals surface area contributed by atoms with Gasteiger partial charge in [0.2, 0.25) is 0 Å². The number of fused-ring (bicyclic) bond motifs is 1. The van der Waals surface area contributed by atoms with Crippen molar-refractivity contribution in [1.29, 1.82) is 0 Å². The van der Waals surface area contributed by atoms with Crippen molar-refractivity contribution in [2.24, 2.45) is 0 Å². The highest BCUT2D eigenvalue weighted by molar-refractivity contribution is 6.33. The SMILES string of the molecule is O=C(c1c(F)cccc1Cl)N1CCc2ccccc2C1. The normalized spacial score (nSPS) is 14.0. The van der Waals surface area contributed by atoms with Crippen LogP contribution in [0, 0.1) is 5.82 Å². The third-order valence-electron chi connectivity index (χ3n) is 3.59. The molecular formula is C16H13ClFNO. The topological polar surface area (TPSA) is 20.3 Å². The molecule has 0 atom stereocenters. The summed E-state index contributed by atoms with van der Waals surface area (Å²) in [7, 11) is 0. The lowest BCUT2D eigenvalue weighted by molar-refractivity contribution is 0.0730. The van der Waals surface area contributed by atoms with Gasteiger partial charge in [0.25, 0.3) is 5.91 Å². The van der Waals surface area contributed by atoms with Crippen LogP contribution in [-0.2, 0) is 13.0 Å². The quantitative estimate of drug-likeness (QED) is 0.784. The average molecular weight is 290 g/mol. The summed E-state index contributed by atoms with van der Waals surface area (Å²) < 4.78 is 13.8. The Kier molecular flexibility index (Phi) is 3.45. The molecule has 0 saturated heterocycles. The Morgan fingerprint density at radius 2 is 1.85 bits per heavy atom. The first-order valence-electron chi connectivity index (χ1n) is 6.47. The molecule has 1 amide bonds. The first-order chi connectivity index (χ1) is 9.66. The fourth-order valence-corrected chi connectivity index (χ4v) is 2.77. The number of amides is 1. The summed E-state index contributed by atoms with van der Waals surface area (Å²) in [6, 6.07) is 12.3. The molecule has 0 spiro atoms. The monoisotopic (exact) mass is 289 g/mol. The molecule has 0 fully saturated rings. The van der Waals surface area contributed by atoms with E-state index in [4.69, 9.17) is 11.6 Å². The molecular weight excluding hydrogens is 277 g/mol. The molecule has 1 aliphatic rings. The van der Waals surface area contributed by atoms with Crippen LogP contribution >= 0.6 is 11.6 Å². The van der Waals surface area contributed by atoms with Crippen LogP contribution in [0.25, 0.3) is 0 Å². The predicted octanol–water partition coefficient (Wildman–Crippen LogP) is 3.68. The number of benzene rings is 2. The third kappa shape index (κ3) is 2.29. The molecule has 0 unspecified atom stereocenters. The molecule has 0 saturated carbocycles. The van der Waals surface area contributed by atoms with Gasteiger partial charge >= 0.3 is 0 Å². The molecule has 0 radical (unpaired) electrons. The Labute approximate surface area is 121 Å². The molecule has 2 aromatic carbocycles. The Morgan fingerprint density at radius 1 is 1.10 bits per heavy atom. The number of nitrogens with zero attached hydrogens (tertiary/aromatic N) is 1. The number of rotatable bonds is 1. The van der Waals surface area contributed by atoms with Crippen molar-refractivity contribution in [3.05, 3.63) is 70.0 Å². The van der Waals surface area contributed by atoms with Crippen LogP contribution in [0.2, 0.25) is 5.02 Å². The lowest BCUT2D eigenvalue weighted by Gasteiger charge is -2.29. The van der Waals surface area contributed by atoms with Crippen molar-refractivity contribution in [2.75, 3.05) is 6.54 Å². The van der Waals surface area contributed by atoms with Crippen molar-refractivity contribution in [1.82, 2.24) is 4.90 Å². The van der Waals surface area contributed by atoms with Gasteiger partial charge in [0.1, 0.15) is 5.82 Å². The highest BCUT2D eigenvalue weighted by Crippen LogP contribution is 2.24. The van der Waals surface area contributed by atoms with Crippen LogP contribution in [0.4, 0.5) is 4.39 Å². The van der Waals surface area contributed by atoms with Gasteiger partial charge in [-0.3, -0.25) is 4.79 Å². The van der Waals surface area contributed by atoms with Crippen LogP contribution in [0.5, 0.6) is 0 Å². The minimum Gasteiger partial charge on any atom is -0.334 e. The molecule has 2 nitrogen and oxygen atoms in total. The van der Waals surface area contributed by atoms with Crippen LogP contribution in [0.1, 0.15) is 21.5 Å². The lowest BCUT2D eigenvalue weighted by atomic mass is 9.99. The van der Waals surface area contributed by atoms with Gasteiger partial charge in [-0.05, 0) is 29.7 Å². The molecule has 102 valence electrons. The van der Waals surface area contributed by atoms with Gasteiger partial charge in [-0.2, -0.15) is 0 Å². The summed E-state index contributed by atoms with van der Waals surface area (Å²) in [6.07, 6.45) is 0.786. The zero-order valence-corrected chi connectivity index (χ0v) is 11.5. The van der Waals surface area contributed by atoms with Gasteiger partial charge in [-0.25, -0.2) is 4.39 Å². The van der Waals surface area contributed by atoms with Crippen LogP contribution < -0.4 is 0 Å². The van der Waals surface area contributed by atoms with E-state index >= 15 is 0 Å². The summed E-state index contributed by atoms with van der Waals surface area (Å²) in [5.41, 5.74) is 2.32. The first-order valence-corrected chi connectivity index (χ1v) is 6.84. The summed E-state index contributed by atoms with van der Waals surface area (Å²) in [5.74, 6) is -0.913. The Morgan fingerprint density at radius 3 is 2.60 bits per heavy atom. The number of hydrogen-bond acceptors (Lipinski definition) is 1. The fourth-order valence-electron chi connectivity index (χ4n) is 2.53. The maximum Gasteiger partial charge on any atom is 0.258 e. The highest BCUT2D eigenvalue weighted by Gasteiger charge is 2.25. The second kappa shape index (κ2) is 5.25. The zero-order valence-electron chi connectivity index (χ0n) is 10.8. The van der Waals surface area contributed by atoms with E-state index in [0.29, 0.717) is 13.1 Å². The van der Waals surface area contributed by atoms with E-state index in [0.717, 1.165) is 12.0 Å². The molecule has 0 bridgehead atoms. The Hall–Kier alpha value is -1.87. The zero-order chi connectivity index (χ0) is 14.1. The molecule has 1 aliphatic heterocycles. The van der Waals surface area contributed by atoms with Gasteiger partial charge in [-0.15, -0.1) is 0 Å². The smallest absolute Gasteiger partial charge is 0.258 e. The maximum atomic E-state index is 13.8. The summed E-state index contributed by atoms with van der Waals surface area (Å²) in [5, 5.41) is 0.161. The predicted molar refractivity (Wildman–Crippen MR) is 76.3 cm³/mol. The van der Waals surface area contributed by atoms with Gasteiger partial charge < -0.3 is 4.90 Å². The summed E-state index contributed by atoms with van der Waals surface area (Å²) in [6.45, 7) is 1.08. The van der Waals surface area contributed by atoms with E-state index in [1.165, 1.54) is 23.8 Å². The fraction of sp³-hybridized carbons (Fsp3) is 0.188. The largest absolute Gasteiger partial charge is 0.334 e. The maximum absolute atomic E-state index is 13.8. The lowest BCUT2D eigenvalue weighted by Crippen LogP contribution is -2.36. The van der Waals surface area contributed by atoms with Crippen molar-refractivity contribution >= 4 is 17.5 Å². The second-order valence-electron chi connectivity index (χ2n) is 4.84. The Balaban J connectivity index is 1.90. The van der Waals surface area contributed by atoms with Gasteiger partial charge in [-0.1, -0.05) is 41.9 Å². The molecule has 2 aromatic rings. The van der Waals surface area contributed by atoms with Crippen molar-refractivity contribution in [2.45, 2.75) is 13.0 Å². The molecule has 1 heterocycles. The summed E-state index contributed by atoms with van der Waals surface area (Å²) >= 11 is 5.96. The van der Waals surface area contributed by atoms with Crippen molar-refractivity contribution in [3.8, 4) is 0 Å². The van der Waals surface area contributed by atoms with Crippen LogP contribution in [0.3, 0.4) is 0 Å². The van der Waals surface area contributed by atoms with Gasteiger partial charge in [0, 0.05) is 13.1 Å². The van der Waals surface area contributed by atoms with E-state index in [2.05, 4.69) is 6.07 Å². The number of carbonyl (C=O) groups is 1. The van der Waals surface area contributed by atoms with Crippen molar-refractivity contribution < 1.29 is 9.18 Å². The number of hydrogen-bond donors (Lipinski definition) is 0. The Bertz CT molecular complexity index is 651. The van der Waals surface area contributed by atoms with E-state index in [9.17, 15) is 9.18 Å². The van der Waals surface area contributed by atoms with Gasteiger partial charge in [0.15, 0.2) is 0 Å². The molecule has 20 heavy (non-hydrogen) atoms. The number of halogens is 2. The van der Waals surface area contributed by atoms with E-state index in [-0.39, 0.29) is 16.5 Å².